The number of hydrogen-bond acceptors (Lipinski definition) is 5. The van der Waals surface area contributed by atoms with Gasteiger partial charge in [0.2, 0.25) is 0 Å². The fourth-order valence-electron chi connectivity index (χ4n) is 1.89. The lowest BCUT2D eigenvalue weighted by Gasteiger charge is -2.12. The molecule has 0 spiro atoms. The van der Waals surface area contributed by atoms with Gasteiger partial charge in [-0.25, -0.2) is 12.8 Å². The van der Waals surface area contributed by atoms with Crippen molar-refractivity contribution < 1.29 is 27.1 Å². The molecule has 0 saturated carbocycles. The van der Waals surface area contributed by atoms with Crippen molar-refractivity contribution in [2.75, 3.05) is 13.7 Å². The Morgan fingerprint density at radius 3 is 2.48 bits per heavy atom. The Morgan fingerprint density at radius 1 is 1.16 bits per heavy atom. The number of ether oxygens (including phenoxy) is 2. The number of nitrogens with one attached hydrogen (secondary N) is 2. The van der Waals surface area contributed by atoms with E-state index >= 15 is 0 Å². The molecule has 2 aromatic carbocycles. The summed E-state index contributed by atoms with van der Waals surface area (Å²) < 4.78 is 47.5. The SMILES string of the molecule is COc1ccc(C)cc1S(=O)(=O)NNC(=O)COc1ccc(F)cc1. The molecule has 9 heteroatoms. The number of aryl methyl sites for hydroxylation is 1. The van der Waals surface area contributed by atoms with Crippen LogP contribution in [0.2, 0.25) is 0 Å². The quantitative estimate of drug-likeness (QED) is 0.723. The highest BCUT2D eigenvalue weighted by molar-refractivity contribution is 7.89. The van der Waals surface area contributed by atoms with E-state index in [0.29, 0.717) is 5.56 Å². The number of rotatable bonds is 7. The molecule has 2 rings (SSSR count). The molecule has 134 valence electrons. The molecule has 0 fully saturated rings. The third-order valence-corrected chi connectivity index (χ3v) is 4.39. The maximum Gasteiger partial charge on any atom is 0.272 e. The van der Waals surface area contributed by atoms with Crippen LogP contribution in [0.5, 0.6) is 11.5 Å². The fourth-order valence-corrected chi connectivity index (χ4v) is 3.00. The number of sulfonamides is 1. The van der Waals surface area contributed by atoms with Gasteiger partial charge in [0.15, 0.2) is 6.61 Å². The summed E-state index contributed by atoms with van der Waals surface area (Å²) >= 11 is 0. The Kier molecular flexibility index (Phi) is 5.94. The summed E-state index contributed by atoms with van der Waals surface area (Å²) in [5, 5.41) is 0. The van der Waals surface area contributed by atoms with Crippen LogP contribution in [-0.4, -0.2) is 28.0 Å². The van der Waals surface area contributed by atoms with Gasteiger partial charge in [-0.2, -0.15) is 0 Å². The van der Waals surface area contributed by atoms with Crippen molar-refractivity contribution in [2.45, 2.75) is 11.8 Å². The van der Waals surface area contributed by atoms with Gasteiger partial charge in [-0.3, -0.25) is 10.2 Å². The van der Waals surface area contributed by atoms with Crippen molar-refractivity contribution >= 4 is 15.9 Å². The molecule has 0 bridgehead atoms. The Hall–Kier alpha value is -2.65. The number of hydrazine groups is 1. The highest BCUT2D eigenvalue weighted by Crippen LogP contribution is 2.24. The molecular weight excluding hydrogens is 351 g/mol. The molecule has 0 saturated heterocycles. The Morgan fingerprint density at radius 2 is 1.84 bits per heavy atom. The second-order valence-electron chi connectivity index (χ2n) is 5.05. The standard InChI is InChI=1S/C16H17FN2O5S/c1-11-3-8-14(23-2)15(9-11)25(21,22)19-18-16(20)10-24-13-6-4-12(17)5-7-13/h3-9,19H,10H2,1-2H3,(H,18,20). The van der Waals surface area contributed by atoms with E-state index in [2.05, 4.69) is 0 Å². The van der Waals surface area contributed by atoms with Gasteiger partial charge in [0, 0.05) is 0 Å². The summed E-state index contributed by atoms with van der Waals surface area (Å²) in [5.74, 6) is -0.731. The number of halogens is 1. The Bertz CT molecular complexity index is 853. The van der Waals surface area contributed by atoms with Gasteiger partial charge in [-0.1, -0.05) is 6.07 Å². The number of benzene rings is 2. The molecule has 0 unspecified atom stereocenters. The van der Waals surface area contributed by atoms with Crippen LogP contribution in [0, 0.1) is 12.7 Å². The van der Waals surface area contributed by atoms with Crippen LogP contribution in [0.1, 0.15) is 5.56 Å². The minimum absolute atomic E-state index is 0.102. The molecule has 0 aliphatic carbocycles. The minimum atomic E-state index is -4.02. The first kappa shape index (κ1) is 18.7. The van der Waals surface area contributed by atoms with Gasteiger partial charge in [-0.15, -0.1) is 4.83 Å². The third-order valence-electron chi connectivity index (χ3n) is 3.12. The van der Waals surface area contributed by atoms with Gasteiger partial charge < -0.3 is 9.47 Å². The lowest BCUT2D eigenvalue weighted by atomic mass is 10.2. The van der Waals surface area contributed by atoms with Crippen molar-refractivity contribution in [3.8, 4) is 11.5 Å². The second-order valence-corrected chi connectivity index (χ2v) is 6.70. The van der Waals surface area contributed by atoms with Gasteiger partial charge in [-0.05, 0) is 48.9 Å². The highest BCUT2D eigenvalue weighted by Gasteiger charge is 2.20. The van der Waals surface area contributed by atoms with E-state index in [4.69, 9.17) is 9.47 Å². The average Bonchev–Trinajstić information content (AvgIpc) is 2.59. The number of amides is 1. The van der Waals surface area contributed by atoms with Crippen LogP contribution in [0.3, 0.4) is 0 Å². The zero-order chi connectivity index (χ0) is 18.4. The molecule has 1 amide bonds. The first-order valence-electron chi connectivity index (χ1n) is 7.15. The van der Waals surface area contributed by atoms with E-state index in [1.807, 2.05) is 10.3 Å². The number of carbonyl (C=O) groups is 1. The average molecular weight is 368 g/mol. The monoisotopic (exact) mass is 368 g/mol. The lowest BCUT2D eigenvalue weighted by Crippen LogP contribution is -2.43. The second kappa shape index (κ2) is 7.95. The number of hydrogen-bond donors (Lipinski definition) is 2. The van der Waals surface area contributed by atoms with E-state index in [0.717, 1.165) is 0 Å². The van der Waals surface area contributed by atoms with Crippen LogP contribution in [0.15, 0.2) is 47.4 Å². The van der Waals surface area contributed by atoms with Crippen LogP contribution in [0.25, 0.3) is 0 Å². The van der Waals surface area contributed by atoms with E-state index < -0.39 is 28.4 Å². The predicted octanol–water partition coefficient (Wildman–Crippen LogP) is 1.53. The van der Waals surface area contributed by atoms with E-state index in [-0.39, 0.29) is 16.4 Å². The smallest absolute Gasteiger partial charge is 0.272 e. The summed E-state index contributed by atoms with van der Waals surface area (Å²) in [6.45, 7) is 1.28. The van der Waals surface area contributed by atoms with Gasteiger partial charge in [0.25, 0.3) is 15.9 Å². The van der Waals surface area contributed by atoms with Crippen LogP contribution in [0.4, 0.5) is 4.39 Å². The van der Waals surface area contributed by atoms with Crippen LogP contribution < -0.4 is 19.7 Å². The molecule has 0 aliphatic heterocycles. The first-order valence-corrected chi connectivity index (χ1v) is 8.64. The summed E-state index contributed by atoms with van der Waals surface area (Å²) in [5.41, 5.74) is 2.76. The van der Waals surface area contributed by atoms with Crippen molar-refractivity contribution in [3.63, 3.8) is 0 Å². The molecule has 2 aromatic rings. The molecular formula is C16H17FN2O5S. The van der Waals surface area contributed by atoms with E-state index in [9.17, 15) is 17.6 Å². The van der Waals surface area contributed by atoms with Gasteiger partial charge >= 0.3 is 0 Å². The molecule has 0 heterocycles. The predicted molar refractivity (Wildman–Crippen MR) is 88.1 cm³/mol. The lowest BCUT2D eigenvalue weighted by molar-refractivity contribution is -0.123. The van der Waals surface area contributed by atoms with E-state index in [1.165, 1.54) is 43.5 Å². The summed E-state index contributed by atoms with van der Waals surface area (Å²) in [7, 11) is -2.68. The maximum absolute atomic E-state index is 12.8. The molecule has 0 radical (unpaired) electrons. The molecule has 25 heavy (non-hydrogen) atoms. The maximum atomic E-state index is 12.8. The highest BCUT2D eigenvalue weighted by atomic mass is 32.2. The molecule has 2 N–H and O–H groups in total. The summed E-state index contributed by atoms with van der Waals surface area (Å²) in [6, 6.07) is 9.70. The normalized spacial score (nSPS) is 11.0. The van der Waals surface area contributed by atoms with Crippen molar-refractivity contribution in [2.24, 2.45) is 0 Å². The van der Waals surface area contributed by atoms with Crippen LogP contribution in [-0.2, 0) is 14.8 Å². The topological polar surface area (TPSA) is 93.7 Å². The summed E-state index contributed by atoms with van der Waals surface area (Å²) in [4.78, 5) is 13.6. The molecule has 0 atom stereocenters. The van der Waals surface area contributed by atoms with Crippen molar-refractivity contribution in [3.05, 3.63) is 53.8 Å². The Balaban J connectivity index is 1.96. The molecule has 0 aromatic heterocycles. The van der Waals surface area contributed by atoms with Gasteiger partial charge in [0.05, 0.1) is 7.11 Å². The largest absolute Gasteiger partial charge is 0.495 e. The third kappa shape index (κ3) is 5.16. The van der Waals surface area contributed by atoms with Gasteiger partial charge in [0.1, 0.15) is 22.2 Å². The van der Waals surface area contributed by atoms with E-state index in [1.54, 1.807) is 13.0 Å². The van der Waals surface area contributed by atoms with Crippen molar-refractivity contribution in [1.82, 2.24) is 10.3 Å². The minimum Gasteiger partial charge on any atom is -0.495 e. The summed E-state index contributed by atoms with van der Waals surface area (Å²) in [6.07, 6.45) is 0. The first-order chi connectivity index (χ1) is 11.8. The Labute approximate surface area is 144 Å². The molecule has 7 nitrogen and oxygen atoms in total. The molecule has 0 aliphatic rings. The number of carbonyl (C=O) groups excluding carboxylic acids is 1. The number of methoxy groups -OCH3 is 1. The fraction of sp³-hybridized carbons (Fsp3) is 0.188. The van der Waals surface area contributed by atoms with Crippen molar-refractivity contribution in [1.29, 1.82) is 0 Å². The van der Waals surface area contributed by atoms with Crippen LogP contribution >= 0.6 is 0 Å². The zero-order valence-corrected chi connectivity index (χ0v) is 14.4. The zero-order valence-electron chi connectivity index (χ0n) is 13.6.